The van der Waals surface area contributed by atoms with Crippen LogP contribution in [0.25, 0.3) is 0 Å². The van der Waals surface area contributed by atoms with Crippen LogP contribution < -0.4 is 0 Å². The van der Waals surface area contributed by atoms with Crippen molar-refractivity contribution in [2.45, 2.75) is 31.8 Å². The van der Waals surface area contributed by atoms with Crippen molar-refractivity contribution in [1.82, 2.24) is 20.0 Å². The van der Waals surface area contributed by atoms with Gasteiger partial charge in [-0.05, 0) is 50.5 Å². The van der Waals surface area contributed by atoms with Crippen molar-refractivity contribution >= 4 is 22.9 Å². The van der Waals surface area contributed by atoms with Gasteiger partial charge in [0.05, 0.1) is 6.54 Å². The van der Waals surface area contributed by atoms with Gasteiger partial charge in [-0.1, -0.05) is 11.3 Å². The summed E-state index contributed by atoms with van der Waals surface area (Å²) in [5.41, 5.74) is 0. The topological polar surface area (TPSA) is 32.3 Å². The van der Waals surface area contributed by atoms with Gasteiger partial charge in [0.2, 0.25) is 4.47 Å². The lowest BCUT2D eigenvalue weighted by Gasteiger charge is -2.24. The summed E-state index contributed by atoms with van der Waals surface area (Å²) in [6.07, 6.45) is 3.99. The van der Waals surface area contributed by atoms with Gasteiger partial charge in [0, 0.05) is 12.6 Å². The third kappa shape index (κ3) is 2.78. The smallest absolute Gasteiger partial charge is 0.207 e. The summed E-state index contributed by atoms with van der Waals surface area (Å²) in [6.45, 7) is 5.82. The first kappa shape index (κ1) is 11.8. The molecule has 2 aliphatic heterocycles. The van der Waals surface area contributed by atoms with E-state index in [9.17, 15) is 0 Å². The minimum absolute atomic E-state index is 0.553. The van der Waals surface area contributed by atoms with Crippen molar-refractivity contribution in [3.8, 4) is 0 Å². The molecule has 0 N–H and O–H groups in total. The zero-order valence-electron chi connectivity index (χ0n) is 9.81. The first-order valence-electron chi connectivity index (χ1n) is 6.25. The summed E-state index contributed by atoms with van der Waals surface area (Å²) in [5, 5.41) is 9.02. The van der Waals surface area contributed by atoms with Gasteiger partial charge in [-0.3, -0.25) is 9.80 Å². The Hall–Kier alpha value is -0.230. The van der Waals surface area contributed by atoms with E-state index in [1.165, 1.54) is 56.8 Å². The van der Waals surface area contributed by atoms with Crippen LogP contribution in [0.15, 0.2) is 0 Å². The highest BCUT2D eigenvalue weighted by Crippen LogP contribution is 2.23. The summed E-state index contributed by atoms with van der Waals surface area (Å²) >= 11 is 7.32. The van der Waals surface area contributed by atoms with Crippen molar-refractivity contribution in [3.05, 3.63) is 9.47 Å². The lowest BCUT2D eigenvalue weighted by molar-refractivity contribution is 0.215. The van der Waals surface area contributed by atoms with Crippen molar-refractivity contribution in [2.75, 3.05) is 26.2 Å². The fraction of sp³-hybridized carbons (Fsp3) is 0.818. The molecule has 0 aliphatic carbocycles. The molecule has 94 valence electrons. The average molecular weight is 273 g/mol. The quantitative estimate of drug-likeness (QED) is 0.823. The molecule has 0 saturated carbocycles. The molecular weight excluding hydrogens is 256 g/mol. The standard InChI is InChI=1S/C11H17ClN4S/c12-11-14-13-10(17-11)8-15-4-2-6-16-5-1-3-9(16)7-15/h9H,1-8H2. The normalized spacial score (nSPS) is 27.0. The van der Waals surface area contributed by atoms with E-state index in [0.29, 0.717) is 4.47 Å². The number of halogens is 1. The number of fused-ring (bicyclic) bond motifs is 1. The lowest BCUT2D eigenvalue weighted by atomic mass is 10.2. The van der Waals surface area contributed by atoms with Gasteiger partial charge in [0.1, 0.15) is 5.01 Å². The largest absolute Gasteiger partial charge is 0.299 e. The fourth-order valence-corrected chi connectivity index (χ4v) is 3.82. The SMILES string of the molecule is Clc1nnc(CN2CCCN3CCCC3C2)s1. The van der Waals surface area contributed by atoms with Crippen LogP contribution in [-0.2, 0) is 6.54 Å². The summed E-state index contributed by atoms with van der Waals surface area (Å²) < 4.78 is 0.553. The minimum Gasteiger partial charge on any atom is -0.299 e. The molecule has 0 radical (unpaired) electrons. The summed E-state index contributed by atoms with van der Waals surface area (Å²) in [6, 6.07) is 0.765. The molecule has 3 heterocycles. The van der Waals surface area contributed by atoms with Crippen molar-refractivity contribution in [1.29, 1.82) is 0 Å². The van der Waals surface area contributed by atoms with Crippen LogP contribution in [0, 0.1) is 0 Å². The summed E-state index contributed by atoms with van der Waals surface area (Å²) in [7, 11) is 0. The molecule has 0 aromatic carbocycles. The number of hydrogen-bond acceptors (Lipinski definition) is 5. The Balaban J connectivity index is 1.63. The van der Waals surface area contributed by atoms with Gasteiger partial charge in [0.15, 0.2) is 0 Å². The fourth-order valence-electron chi connectivity index (χ4n) is 2.91. The van der Waals surface area contributed by atoms with Crippen LogP contribution in [0.4, 0.5) is 0 Å². The maximum atomic E-state index is 5.82. The summed E-state index contributed by atoms with van der Waals surface area (Å²) in [4.78, 5) is 5.15. The van der Waals surface area contributed by atoms with Crippen molar-refractivity contribution < 1.29 is 0 Å². The molecule has 1 unspecified atom stereocenters. The molecule has 4 nitrogen and oxygen atoms in total. The maximum Gasteiger partial charge on any atom is 0.207 e. The molecule has 1 aromatic heterocycles. The van der Waals surface area contributed by atoms with Gasteiger partial charge in [-0.25, -0.2) is 0 Å². The van der Waals surface area contributed by atoms with E-state index in [0.717, 1.165) is 17.6 Å². The Kier molecular flexibility index (Phi) is 3.61. The van der Waals surface area contributed by atoms with E-state index in [2.05, 4.69) is 20.0 Å². The first-order chi connectivity index (χ1) is 8.31. The molecule has 0 bridgehead atoms. The van der Waals surface area contributed by atoms with Crippen LogP contribution in [0.5, 0.6) is 0 Å². The van der Waals surface area contributed by atoms with Crippen molar-refractivity contribution in [3.63, 3.8) is 0 Å². The molecule has 3 rings (SSSR count). The van der Waals surface area contributed by atoms with Gasteiger partial charge < -0.3 is 0 Å². The predicted molar refractivity (Wildman–Crippen MR) is 69.4 cm³/mol. The van der Waals surface area contributed by atoms with E-state index in [1.54, 1.807) is 0 Å². The Morgan fingerprint density at radius 3 is 2.94 bits per heavy atom. The second-order valence-electron chi connectivity index (χ2n) is 4.87. The second kappa shape index (κ2) is 5.18. The Morgan fingerprint density at radius 2 is 2.12 bits per heavy atom. The van der Waals surface area contributed by atoms with Crippen LogP contribution >= 0.6 is 22.9 Å². The van der Waals surface area contributed by atoms with E-state index in [-0.39, 0.29) is 0 Å². The van der Waals surface area contributed by atoms with Crippen LogP contribution in [0.3, 0.4) is 0 Å². The zero-order valence-corrected chi connectivity index (χ0v) is 11.4. The van der Waals surface area contributed by atoms with Gasteiger partial charge in [-0.2, -0.15) is 0 Å². The average Bonchev–Trinajstić information content (AvgIpc) is 2.85. The van der Waals surface area contributed by atoms with Gasteiger partial charge in [-0.15, -0.1) is 10.2 Å². The molecule has 0 amide bonds. The van der Waals surface area contributed by atoms with E-state index < -0.39 is 0 Å². The molecule has 2 fully saturated rings. The van der Waals surface area contributed by atoms with Gasteiger partial charge >= 0.3 is 0 Å². The monoisotopic (exact) mass is 272 g/mol. The molecule has 6 heteroatoms. The van der Waals surface area contributed by atoms with Gasteiger partial charge in [0.25, 0.3) is 0 Å². The number of hydrogen-bond donors (Lipinski definition) is 0. The van der Waals surface area contributed by atoms with E-state index in [4.69, 9.17) is 11.6 Å². The van der Waals surface area contributed by atoms with Crippen LogP contribution in [0.1, 0.15) is 24.3 Å². The Labute approximate surface area is 111 Å². The van der Waals surface area contributed by atoms with Crippen LogP contribution in [0.2, 0.25) is 4.47 Å². The third-order valence-corrected chi connectivity index (χ3v) is 4.69. The third-order valence-electron chi connectivity index (χ3n) is 3.69. The van der Waals surface area contributed by atoms with Crippen molar-refractivity contribution in [2.24, 2.45) is 0 Å². The lowest BCUT2D eigenvalue weighted by Crippen LogP contribution is -2.36. The van der Waals surface area contributed by atoms with E-state index >= 15 is 0 Å². The number of rotatable bonds is 2. The molecule has 0 spiro atoms. The molecular formula is C11H17ClN4S. The summed E-state index contributed by atoms with van der Waals surface area (Å²) in [5.74, 6) is 0. The number of aromatic nitrogens is 2. The molecule has 17 heavy (non-hydrogen) atoms. The highest BCUT2D eigenvalue weighted by Gasteiger charge is 2.28. The zero-order chi connectivity index (χ0) is 11.7. The van der Waals surface area contributed by atoms with Crippen LogP contribution in [-0.4, -0.2) is 52.2 Å². The molecule has 2 aliphatic rings. The second-order valence-corrected chi connectivity index (χ2v) is 6.51. The number of nitrogens with zero attached hydrogens (tertiary/aromatic N) is 4. The molecule has 1 aromatic rings. The predicted octanol–water partition coefficient (Wildman–Crippen LogP) is 1.86. The van der Waals surface area contributed by atoms with E-state index in [1.807, 2.05) is 0 Å². The Bertz CT molecular complexity index is 383. The minimum atomic E-state index is 0.553. The maximum absolute atomic E-state index is 5.82. The Morgan fingerprint density at radius 1 is 1.24 bits per heavy atom. The first-order valence-corrected chi connectivity index (χ1v) is 7.45. The highest BCUT2D eigenvalue weighted by molar-refractivity contribution is 7.15. The molecule has 2 saturated heterocycles. The highest BCUT2D eigenvalue weighted by atomic mass is 35.5. The molecule has 1 atom stereocenters.